The molecular weight excluding hydrogens is 100 g/mol. The first-order valence-corrected chi connectivity index (χ1v) is 2.71. The number of hydrogen-bond acceptors (Lipinski definition) is 1. The molecule has 0 spiro atoms. The predicted molar refractivity (Wildman–Crippen MR) is 34.3 cm³/mol. The minimum Gasteiger partial charge on any atom is -0.502 e. The molecule has 0 aliphatic heterocycles. The van der Waals surface area contributed by atoms with E-state index in [1.54, 1.807) is 12.3 Å². The fourth-order valence-corrected chi connectivity index (χ4v) is 0.298. The summed E-state index contributed by atoms with van der Waals surface area (Å²) in [5, 5.41) is 0. The van der Waals surface area contributed by atoms with Crippen molar-refractivity contribution in [2.45, 2.75) is 13.3 Å². The number of ether oxygens (including phenoxy) is 1. The second-order valence-corrected chi connectivity index (χ2v) is 1.30. The second kappa shape index (κ2) is 6.28. The van der Waals surface area contributed by atoms with Crippen molar-refractivity contribution in [2.24, 2.45) is 0 Å². The van der Waals surface area contributed by atoms with Crippen molar-refractivity contribution >= 4 is 0 Å². The van der Waals surface area contributed by atoms with E-state index in [1.807, 2.05) is 13.0 Å². The maximum Gasteiger partial charge on any atom is 0.0845 e. The average Bonchev–Trinajstić information content (AvgIpc) is 1.81. The molecule has 45 valence electrons. The van der Waals surface area contributed by atoms with Gasteiger partial charge in [-0.2, -0.15) is 0 Å². The lowest BCUT2D eigenvalue weighted by molar-refractivity contribution is 0.268. The molecule has 8 heavy (non-hydrogen) atoms. The Kier molecular flexibility index (Phi) is 5.71. The van der Waals surface area contributed by atoms with Gasteiger partial charge in [0.15, 0.2) is 0 Å². The summed E-state index contributed by atoms with van der Waals surface area (Å²) in [6, 6.07) is 0. The van der Waals surface area contributed by atoms with Crippen LogP contribution in [-0.4, -0.2) is 6.61 Å². The van der Waals surface area contributed by atoms with E-state index in [4.69, 9.17) is 11.3 Å². The van der Waals surface area contributed by atoms with Gasteiger partial charge in [-0.3, -0.25) is 0 Å². The minimum atomic E-state index is 0.723. The molecule has 0 aromatic rings. The van der Waals surface area contributed by atoms with Crippen LogP contribution in [0.25, 0.3) is 0 Å². The van der Waals surface area contributed by atoms with Crippen molar-refractivity contribution < 1.29 is 4.74 Å². The normalized spacial score (nSPS) is 9.62. The third-order valence-electron chi connectivity index (χ3n) is 0.631. The van der Waals surface area contributed by atoms with Crippen LogP contribution in [0.15, 0.2) is 18.4 Å². The Balaban J connectivity index is 2.94. The number of allylic oxidation sites excluding steroid dienone is 2. The molecule has 1 heteroatoms. The van der Waals surface area contributed by atoms with Gasteiger partial charge < -0.3 is 4.74 Å². The zero-order valence-corrected chi connectivity index (χ0v) is 5.13. The molecule has 0 aliphatic rings. The standard InChI is InChI=1S/C7H11O/c1-3-5-6-7-8-4-2/h1,3,6-7H,4-5H2,2H3. The Morgan fingerprint density at radius 2 is 2.38 bits per heavy atom. The molecule has 0 atom stereocenters. The van der Waals surface area contributed by atoms with Crippen molar-refractivity contribution in [3.05, 3.63) is 25.0 Å². The Hall–Kier alpha value is -0.720. The van der Waals surface area contributed by atoms with E-state index >= 15 is 0 Å². The zero-order chi connectivity index (χ0) is 6.24. The van der Waals surface area contributed by atoms with Gasteiger partial charge in [0.2, 0.25) is 0 Å². The van der Waals surface area contributed by atoms with Gasteiger partial charge in [-0.25, -0.2) is 0 Å². The van der Waals surface area contributed by atoms with Crippen LogP contribution < -0.4 is 0 Å². The third kappa shape index (κ3) is 5.28. The summed E-state index contributed by atoms with van der Waals surface area (Å²) in [5.41, 5.74) is 0. The molecule has 0 amide bonds. The van der Waals surface area contributed by atoms with E-state index < -0.39 is 0 Å². The molecule has 0 aliphatic carbocycles. The Morgan fingerprint density at radius 3 is 2.88 bits per heavy atom. The fourth-order valence-electron chi connectivity index (χ4n) is 0.298. The first-order chi connectivity index (χ1) is 3.91. The van der Waals surface area contributed by atoms with Crippen LogP contribution >= 0.6 is 0 Å². The first-order valence-electron chi connectivity index (χ1n) is 2.71. The van der Waals surface area contributed by atoms with E-state index in [0.717, 1.165) is 13.0 Å². The highest BCUT2D eigenvalue weighted by molar-refractivity contribution is 4.81. The largest absolute Gasteiger partial charge is 0.502 e. The highest BCUT2D eigenvalue weighted by Crippen LogP contribution is 1.82. The van der Waals surface area contributed by atoms with Gasteiger partial charge in [0.1, 0.15) is 0 Å². The molecule has 1 radical (unpaired) electrons. The summed E-state index contributed by atoms with van der Waals surface area (Å²) < 4.78 is 4.88. The van der Waals surface area contributed by atoms with Crippen LogP contribution in [0, 0.1) is 6.58 Å². The minimum absolute atomic E-state index is 0.723. The van der Waals surface area contributed by atoms with Gasteiger partial charge in [-0.1, -0.05) is 12.7 Å². The van der Waals surface area contributed by atoms with Crippen LogP contribution in [-0.2, 0) is 4.74 Å². The smallest absolute Gasteiger partial charge is 0.0845 e. The molecule has 0 bridgehead atoms. The number of hydrogen-bond donors (Lipinski definition) is 0. The van der Waals surface area contributed by atoms with E-state index in [9.17, 15) is 0 Å². The molecule has 0 rings (SSSR count). The SMILES string of the molecule is [CH]=CCC=COCC. The van der Waals surface area contributed by atoms with E-state index in [1.165, 1.54) is 0 Å². The van der Waals surface area contributed by atoms with Crippen molar-refractivity contribution in [3.63, 3.8) is 0 Å². The van der Waals surface area contributed by atoms with Crippen molar-refractivity contribution in [1.29, 1.82) is 0 Å². The molecular formula is C7H11O. The average molecular weight is 111 g/mol. The van der Waals surface area contributed by atoms with Gasteiger partial charge >= 0.3 is 0 Å². The van der Waals surface area contributed by atoms with Crippen molar-refractivity contribution in [3.8, 4) is 0 Å². The number of rotatable bonds is 4. The van der Waals surface area contributed by atoms with E-state index in [-0.39, 0.29) is 0 Å². The second-order valence-electron chi connectivity index (χ2n) is 1.30. The summed E-state index contributed by atoms with van der Waals surface area (Å²) in [6.45, 7) is 7.74. The lowest BCUT2D eigenvalue weighted by atomic mass is 10.4. The summed E-state index contributed by atoms with van der Waals surface area (Å²) >= 11 is 0. The zero-order valence-electron chi connectivity index (χ0n) is 5.13. The molecule has 0 heterocycles. The topological polar surface area (TPSA) is 9.23 Å². The highest BCUT2D eigenvalue weighted by atomic mass is 16.5. The Labute approximate surface area is 50.7 Å². The van der Waals surface area contributed by atoms with Crippen LogP contribution in [0.2, 0.25) is 0 Å². The maximum atomic E-state index is 5.08. The van der Waals surface area contributed by atoms with Gasteiger partial charge in [0.25, 0.3) is 0 Å². The monoisotopic (exact) mass is 111 g/mol. The lowest BCUT2D eigenvalue weighted by Gasteiger charge is -1.88. The molecule has 0 aromatic heterocycles. The molecule has 0 N–H and O–H groups in total. The van der Waals surface area contributed by atoms with Crippen LogP contribution in [0.3, 0.4) is 0 Å². The fraction of sp³-hybridized carbons (Fsp3) is 0.429. The summed E-state index contributed by atoms with van der Waals surface area (Å²) in [5.74, 6) is 0. The van der Waals surface area contributed by atoms with Gasteiger partial charge in [-0.05, 0) is 19.4 Å². The van der Waals surface area contributed by atoms with Gasteiger partial charge in [0, 0.05) is 0 Å². The van der Waals surface area contributed by atoms with Crippen LogP contribution in [0.1, 0.15) is 13.3 Å². The molecule has 0 fully saturated rings. The first kappa shape index (κ1) is 7.28. The Bertz CT molecular complexity index is 74.5. The van der Waals surface area contributed by atoms with Crippen molar-refractivity contribution in [1.82, 2.24) is 0 Å². The lowest BCUT2D eigenvalue weighted by Crippen LogP contribution is -1.74. The summed E-state index contributed by atoms with van der Waals surface area (Å²) in [6.07, 6.45) is 5.88. The van der Waals surface area contributed by atoms with Gasteiger partial charge in [-0.15, -0.1) is 0 Å². The van der Waals surface area contributed by atoms with Gasteiger partial charge in [0.05, 0.1) is 12.9 Å². The molecule has 0 saturated carbocycles. The summed E-state index contributed by atoms with van der Waals surface area (Å²) in [7, 11) is 0. The van der Waals surface area contributed by atoms with E-state index in [2.05, 4.69) is 0 Å². The third-order valence-corrected chi connectivity index (χ3v) is 0.631. The van der Waals surface area contributed by atoms with Crippen LogP contribution in [0.4, 0.5) is 0 Å². The maximum absolute atomic E-state index is 5.08. The quantitative estimate of drug-likeness (QED) is 0.503. The summed E-state index contributed by atoms with van der Waals surface area (Å²) in [4.78, 5) is 0. The molecule has 1 nitrogen and oxygen atoms in total. The molecule has 0 unspecified atom stereocenters. The van der Waals surface area contributed by atoms with Crippen molar-refractivity contribution in [2.75, 3.05) is 6.61 Å². The van der Waals surface area contributed by atoms with Crippen LogP contribution in [0.5, 0.6) is 0 Å². The molecule has 0 aromatic carbocycles. The predicted octanol–water partition coefficient (Wildman–Crippen LogP) is 1.92. The highest BCUT2D eigenvalue weighted by Gasteiger charge is 1.67. The molecule has 0 saturated heterocycles. The Morgan fingerprint density at radius 1 is 1.62 bits per heavy atom. The van der Waals surface area contributed by atoms with E-state index in [0.29, 0.717) is 0 Å².